The zero-order valence-corrected chi connectivity index (χ0v) is 5.75. The van der Waals surface area contributed by atoms with Crippen LogP contribution >= 0.6 is 11.6 Å². The quantitative estimate of drug-likeness (QED) is 0.197. The fraction of sp³-hybridized carbons (Fsp3) is 0.250. The lowest BCUT2D eigenvalue weighted by Gasteiger charge is -1.92. The summed E-state index contributed by atoms with van der Waals surface area (Å²) in [7, 11) is 0. The summed E-state index contributed by atoms with van der Waals surface area (Å²) < 4.78 is 3.90. The Kier molecular flexibility index (Phi) is 3.42. The molecule has 0 spiro atoms. The molecule has 0 aliphatic rings. The molecule has 0 aliphatic heterocycles. The molecule has 0 aromatic carbocycles. The Hall–Kier alpha value is -1.10. The van der Waals surface area contributed by atoms with Crippen molar-refractivity contribution in [3.05, 3.63) is 0 Å². The van der Waals surface area contributed by atoms with Crippen LogP contribution in [0.1, 0.15) is 6.92 Å². The van der Waals surface area contributed by atoms with Gasteiger partial charge in [-0.25, -0.2) is 4.79 Å². The van der Waals surface area contributed by atoms with Gasteiger partial charge in [-0.05, 0) is 0 Å². The highest BCUT2D eigenvalue weighted by Crippen LogP contribution is 1.89. The van der Waals surface area contributed by atoms with E-state index in [4.69, 9.17) is 16.8 Å². The third-order valence-corrected chi connectivity index (χ3v) is 0.723. The van der Waals surface area contributed by atoms with E-state index in [9.17, 15) is 9.59 Å². The van der Waals surface area contributed by atoms with Gasteiger partial charge in [0.05, 0.1) is 0 Å². The van der Waals surface area contributed by atoms with Crippen molar-refractivity contribution in [2.45, 2.75) is 6.92 Å². The molecule has 0 rings (SSSR count). The Morgan fingerprint density at radius 2 is 2.10 bits per heavy atom. The van der Waals surface area contributed by atoms with Gasteiger partial charge in [-0.15, -0.1) is 0 Å². The number of hydrogen-bond donors (Lipinski definition) is 1. The van der Waals surface area contributed by atoms with Crippen molar-refractivity contribution >= 4 is 28.7 Å². The van der Waals surface area contributed by atoms with E-state index >= 15 is 0 Å². The molecule has 0 saturated heterocycles. The van der Waals surface area contributed by atoms with Crippen molar-refractivity contribution in [3.63, 3.8) is 0 Å². The van der Waals surface area contributed by atoms with E-state index in [-0.39, 0.29) is 0 Å². The molecule has 0 atom stereocenters. The van der Waals surface area contributed by atoms with Crippen LogP contribution in [-0.4, -0.2) is 22.3 Å². The van der Waals surface area contributed by atoms with Crippen molar-refractivity contribution in [1.29, 1.82) is 0 Å². The lowest BCUT2D eigenvalue weighted by atomic mass is 10.7. The first kappa shape index (κ1) is 8.90. The second-order valence-corrected chi connectivity index (χ2v) is 1.63. The number of hydrogen-bond acceptors (Lipinski definition) is 5. The van der Waals surface area contributed by atoms with Crippen LogP contribution in [0.4, 0.5) is 0 Å². The van der Waals surface area contributed by atoms with Crippen molar-refractivity contribution in [2.24, 2.45) is 5.16 Å². The zero-order valence-electron chi connectivity index (χ0n) is 5.00. The molecule has 0 saturated carbocycles. The highest BCUT2D eigenvalue weighted by Gasteiger charge is 2.12. The van der Waals surface area contributed by atoms with E-state index < -0.39 is 17.1 Å². The number of carbonyl (C=O) groups excluding carboxylic acids is 2. The molecule has 0 heterocycles. The molecular formula is C4H4ClNO4. The molecule has 0 fully saturated rings. The van der Waals surface area contributed by atoms with Gasteiger partial charge >= 0.3 is 11.9 Å². The van der Waals surface area contributed by atoms with Crippen LogP contribution in [0, 0.1) is 0 Å². The molecule has 0 unspecified atom stereocenters. The van der Waals surface area contributed by atoms with E-state index in [1.54, 1.807) is 0 Å². The van der Waals surface area contributed by atoms with Gasteiger partial charge in [0.2, 0.25) is 0 Å². The zero-order chi connectivity index (χ0) is 8.15. The Labute approximate surface area is 61.2 Å². The molecular weight excluding hydrogens is 162 g/mol. The second-order valence-electron chi connectivity index (χ2n) is 1.27. The number of nitrogens with zero attached hydrogens (tertiary/aromatic N) is 1. The van der Waals surface area contributed by atoms with Crippen molar-refractivity contribution < 1.29 is 19.5 Å². The smallest absolute Gasteiger partial charge is 0.380 e. The van der Waals surface area contributed by atoms with Crippen LogP contribution in [0.25, 0.3) is 0 Å². The molecule has 0 bridgehead atoms. The summed E-state index contributed by atoms with van der Waals surface area (Å²) in [4.78, 5) is 20.4. The van der Waals surface area contributed by atoms with Gasteiger partial charge in [0.1, 0.15) is 0 Å². The maximum atomic E-state index is 10.3. The molecule has 0 aliphatic carbocycles. The van der Waals surface area contributed by atoms with Crippen LogP contribution < -0.4 is 0 Å². The van der Waals surface area contributed by atoms with Gasteiger partial charge < -0.3 is 9.94 Å². The molecule has 1 N–H and O–H groups in total. The summed E-state index contributed by atoms with van der Waals surface area (Å²) in [5.41, 5.74) is 0. The average molecular weight is 166 g/mol. The Bertz CT molecular complexity index is 188. The lowest BCUT2D eigenvalue weighted by Crippen LogP contribution is -2.15. The normalized spacial score (nSPS) is 10.8. The Balaban J connectivity index is 3.99. The molecule has 5 nitrogen and oxygen atoms in total. The number of rotatable bonds is 1. The van der Waals surface area contributed by atoms with E-state index in [1.165, 1.54) is 0 Å². The highest BCUT2D eigenvalue weighted by molar-refractivity contribution is 6.82. The maximum absolute atomic E-state index is 10.3. The number of halogens is 1. The summed E-state index contributed by atoms with van der Waals surface area (Å²) in [6, 6.07) is 0. The van der Waals surface area contributed by atoms with Gasteiger partial charge in [-0.3, -0.25) is 4.79 Å². The Morgan fingerprint density at radius 1 is 1.60 bits per heavy atom. The Morgan fingerprint density at radius 3 is 2.40 bits per heavy atom. The van der Waals surface area contributed by atoms with Crippen molar-refractivity contribution in [2.75, 3.05) is 0 Å². The largest absolute Gasteiger partial charge is 0.409 e. The molecule has 10 heavy (non-hydrogen) atoms. The summed E-state index contributed by atoms with van der Waals surface area (Å²) in [5, 5.41) is 9.38. The monoisotopic (exact) mass is 165 g/mol. The van der Waals surface area contributed by atoms with Crippen LogP contribution in [-0.2, 0) is 14.3 Å². The average Bonchev–Trinajstić information content (AvgIpc) is 1.85. The first-order chi connectivity index (χ1) is 4.57. The first-order valence-corrected chi connectivity index (χ1v) is 2.56. The van der Waals surface area contributed by atoms with Gasteiger partial charge in [0.25, 0.3) is 5.17 Å². The number of oxime groups is 1. The minimum Gasteiger partial charge on any atom is -0.409 e. The third kappa shape index (κ3) is 3.03. The third-order valence-electron chi connectivity index (χ3n) is 0.493. The molecule has 0 aromatic rings. The summed E-state index contributed by atoms with van der Waals surface area (Å²) in [5.74, 6) is -1.98. The molecule has 56 valence electrons. The summed E-state index contributed by atoms with van der Waals surface area (Å²) >= 11 is 4.93. The summed E-state index contributed by atoms with van der Waals surface area (Å²) in [6.45, 7) is 1.03. The maximum Gasteiger partial charge on any atom is 0.380 e. The first-order valence-electron chi connectivity index (χ1n) is 2.18. The van der Waals surface area contributed by atoms with Gasteiger partial charge in [-0.1, -0.05) is 16.8 Å². The minimum atomic E-state index is -1.17. The minimum absolute atomic E-state index is 0.782. The van der Waals surface area contributed by atoms with E-state index in [0.29, 0.717) is 0 Å². The van der Waals surface area contributed by atoms with Crippen LogP contribution in [0.15, 0.2) is 5.16 Å². The predicted octanol–water partition coefficient (Wildman–Crippen LogP) is 0.103. The van der Waals surface area contributed by atoms with E-state index in [0.717, 1.165) is 6.92 Å². The van der Waals surface area contributed by atoms with Crippen molar-refractivity contribution in [1.82, 2.24) is 0 Å². The van der Waals surface area contributed by atoms with Crippen molar-refractivity contribution in [3.8, 4) is 0 Å². The number of esters is 2. The van der Waals surface area contributed by atoms with Gasteiger partial charge in [0.15, 0.2) is 0 Å². The molecule has 0 aromatic heterocycles. The fourth-order valence-corrected chi connectivity index (χ4v) is 0.252. The highest BCUT2D eigenvalue weighted by atomic mass is 35.5. The lowest BCUT2D eigenvalue weighted by molar-refractivity contribution is -0.153. The standard InChI is InChI=1S/C4H4ClNO4/c1-2(7)10-4(8)3(5)6-9/h9H,1H3/b6-3-. The second kappa shape index (κ2) is 3.84. The van der Waals surface area contributed by atoms with Crippen LogP contribution in [0.2, 0.25) is 0 Å². The van der Waals surface area contributed by atoms with Crippen LogP contribution in [0.5, 0.6) is 0 Å². The van der Waals surface area contributed by atoms with E-state index in [2.05, 4.69) is 9.89 Å². The van der Waals surface area contributed by atoms with Gasteiger partial charge in [-0.2, -0.15) is 0 Å². The molecule has 6 heteroatoms. The van der Waals surface area contributed by atoms with Crippen LogP contribution in [0.3, 0.4) is 0 Å². The molecule has 0 radical (unpaired) electrons. The summed E-state index contributed by atoms with van der Waals surface area (Å²) in [6.07, 6.45) is 0. The van der Waals surface area contributed by atoms with E-state index in [1.807, 2.05) is 0 Å². The molecule has 0 amide bonds. The van der Waals surface area contributed by atoms with Gasteiger partial charge in [0, 0.05) is 6.92 Å². The predicted molar refractivity (Wildman–Crippen MR) is 31.8 cm³/mol. The fourth-order valence-electron chi connectivity index (χ4n) is 0.213. The number of ether oxygens (including phenoxy) is 1. The topological polar surface area (TPSA) is 76.0 Å². The SMILES string of the molecule is CC(=O)OC(=O)/C(Cl)=N/O. The number of carbonyl (C=O) groups is 2.